The number of carbonyl (C=O) groups excluding carboxylic acids is 1. The van der Waals surface area contributed by atoms with Gasteiger partial charge in [0.25, 0.3) is 5.56 Å². The van der Waals surface area contributed by atoms with Gasteiger partial charge in [0.05, 0.1) is 17.5 Å². The van der Waals surface area contributed by atoms with E-state index >= 15 is 0 Å². The van der Waals surface area contributed by atoms with E-state index in [1.165, 1.54) is 6.07 Å². The number of hydrogen-bond donors (Lipinski definition) is 2. The Hall–Kier alpha value is -3.29. The van der Waals surface area contributed by atoms with Gasteiger partial charge in [0.1, 0.15) is 5.82 Å². The molecule has 1 amide bonds. The van der Waals surface area contributed by atoms with Gasteiger partial charge in [0, 0.05) is 49.5 Å². The molecule has 0 spiro atoms. The minimum atomic E-state index is -0.477. The van der Waals surface area contributed by atoms with Crippen molar-refractivity contribution >= 4 is 5.91 Å². The van der Waals surface area contributed by atoms with Gasteiger partial charge >= 0.3 is 0 Å². The first-order valence-corrected chi connectivity index (χ1v) is 12.7. The van der Waals surface area contributed by atoms with Gasteiger partial charge in [-0.1, -0.05) is 48.5 Å². The predicted molar refractivity (Wildman–Crippen MR) is 134 cm³/mol. The number of amides is 1. The van der Waals surface area contributed by atoms with Crippen LogP contribution in [0.15, 0.2) is 71.5 Å². The molecule has 1 aliphatic carbocycles. The Kier molecular flexibility index (Phi) is 5.97. The molecular weight excluding hydrogens is 457 g/mol. The fourth-order valence-electron chi connectivity index (χ4n) is 6.10. The lowest BCUT2D eigenvalue weighted by Gasteiger charge is -2.38. The third kappa shape index (κ3) is 3.96. The van der Waals surface area contributed by atoms with Gasteiger partial charge in [-0.05, 0) is 42.5 Å². The normalized spacial score (nSPS) is 24.9. The number of pyridine rings is 1. The maximum absolute atomic E-state index is 14.6. The maximum Gasteiger partial charge on any atom is 0.258 e. The quantitative estimate of drug-likeness (QED) is 0.536. The van der Waals surface area contributed by atoms with Gasteiger partial charge in [0.2, 0.25) is 5.91 Å². The number of rotatable bonds is 7. The molecule has 186 valence electrons. The first-order valence-electron chi connectivity index (χ1n) is 12.7. The third-order valence-corrected chi connectivity index (χ3v) is 8.11. The van der Waals surface area contributed by atoms with E-state index in [9.17, 15) is 19.1 Å². The molecule has 1 saturated heterocycles. The van der Waals surface area contributed by atoms with Crippen LogP contribution in [-0.2, 0) is 17.9 Å². The first kappa shape index (κ1) is 23.1. The van der Waals surface area contributed by atoms with Gasteiger partial charge in [-0.25, -0.2) is 4.39 Å². The number of fused-ring (bicyclic) bond motifs is 4. The van der Waals surface area contributed by atoms with Crippen molar-refractivity contribution in [1.82, 2.24) is 14.8 Å². The maximum atomic E-state index is 14.6. The SMILES string of the molecule is O=C(NCC1CC1)[C@@H]1[C@@H](CO)[C@@H]2Cn3c(ccc(-c4ccccc4F)c3=O)[C@H]1N2Cc1ccccc1. The highest BCUT2D eigenvalue weighted by Gasteiger charge is 2.55. The molecule has 4 atom stereocenters. The van der Waals surface area contributed by atoms with Crippen LogP contribution in [0.4, 0.5) is 4.39 Å². The lowest BCUT2D eigenvalue weighted by molar-refractivity contribution is -0.127. The second-order valence-corrected chi connectivity index (χ2v) is 10.3. The summed E-state index contributed by atoms with van der Waals surface area (Å²) in [6.45, 7) is 1.47. The fourth-order valence-corrected chi connectivity index (χ4v) is 6.10. The molecule has 1 aromatic heterocycles. The second-order valence-electron chi connectivity index (χ2n) is 10.3. The Bertz CT molecular complexity index is 1340. The van der Waals surface area contributed by atoms with Crippen molar-refractivity contribution in [3.05, 3.63) is 94.2 Å². The zero-order valence-corrected chi connectivity index (χ0v) is 20.0. The molecule has 7 heteroatoms. The van der Waals surface area contributed by atoms with Crippen LogP contribution in [0.3, 0.4) is 0 Å². The van der Waals surface area contributed by atoms with Crippen LogP contribution in [0.1, 0.15) is 30.1 Å². The van der Waals surface area contributed by atoms with Crippen molar-refractivity contribution in [3.8, 4) is 11.1 Å². The number of hydrogen-bond acceptors (Lipinski definition) is 4. The van der Waals surface area contributed by atoms with E-state index in [1.807, 2.05) is 24.3 Å². The van der Waals surface area contributed by atoms with E-state index in [0.717, 1.165) is 24.1 Å². The Morgan fingerprint density at radius 2 is 1.75 bits per heavy atom. The Morgan fingerprint density at radius 3 is 2.47 bits per heavy atom. The molecule has 36 heavy (non-hydrogen) atoms. The van der Waals surface area contributed by atoms with Crippen molar-refractivity contribution in [1.29, 1.82) is 0 Å². The molecule has 0 radical (unpaired) electrons. The minimum absolute atomic E-state index is 0.0643. The molecule has 3 aromatic rings. The molecule has 3 aliphatic rings. The highest BCUT2D eigenvalue weighted by atomic mass is 19.1. The Labute approximate surface area is 209 Å². The predicted octanol–water partition coefficient (Wildman–Crippen LogP) is 3.34. The van der Waals surface area contributed by atoms with Gasteiger partial charge in [0.15, 0.2) is 0 Å². The minimum Gasteiger partial charge on any atom is -0.396 e. The lowest BCUT2D eigenvalue weighted by Crippen LogP contribution is -2.46. The first-order chi connectivity index (χ1) is 17.6. The second kappa shape index (κ2) is 9.30. The Balaban J connectivity index is 1.44. The van der Waals surface area contributed by atoms with Gasteiger partial charge in [-0.2, -0.15) is 0 Å². The molecule has 2 aliphatic heterocycles. The number of aliphatic hydroxyl groups is 1. The zero-order chi connectivity index (χ0) is 24.8. The lowest BCUT2D eigenvalue weighted by atomic mass is 9.86. The molecular formula is C29H30FN3O3. The van der Waals surface area contributed by atoms with Crippen LogP contribution in [0, 0.1) is 23.6 Å². The van der Waals surface area contributed by atoms with Crippen molar-refractivity contribution in [3.63, 3.8) is 0 Å². The summed E-state index contributed by atoms with van der Waals surface area (Å²) in [7, 11) is 0. The van der Waals surface area contributed by atoms with Gasteiger partial charge in [-0.3, -0.25) is 14.5 Å². The summed E-state index contributed by atoms with van der Waals surface area (Å²) in [5, 5.41) is 13.6. The molecule has 2 fully saturated rings. The van der Waals surface area contributed by atoms with E-state index in [1.54, 1.807) is 28.8 Å². The van der Waals surface area contributed by atoms with Crippen LogP contribution in [-0.4, -0.2) is 39.7 Å². The topological polar surface area (TPSA) is 74.6 Å². The molecule has 2 bridgehead atoms. The standard InChI is InChI=1S/C29H30FN3O3/c30-23-9-5-4-8-20(23)21-12-13-24-27-26(28(35)31-14-18-10-11-18)22(17-34)25(16-33(24)29(21)36)32(27)15-19-6-2-1-3-7-19/h1-9,12-13,18,22,25-27,34H,10-11,14-17H2,(H,31,35)/t22-,25-,26+,27+/m0/s1. The number of halogens is 1. The van der Waals surface area contributed by atoms with Crippen molar-refractivity contribution < 1.29 is 14.3 Å². The van der Waals surface area contributed by atoms with Crippen LogP contribution >= 0.6 is 0 Å². The number of aromatic nitrogens is 1. The van der Waals surface area contributed by atoms with Crippen molar-refractivity contribution in [2.24, 2.45) is 17.8 Å². The summed E-state index contributed by atoms with van der Waals surface area (Å²) in [5.74, 6) is -0.749. The highest BCUT2D eigenvalue weighted by Crippen LogP contribution is 2.49. The van der Waals surface area contributed by atoms with Crippen LogP contribution < -0.4 is 10.9 Å². The van der Waals surface area contributed by atoms with Crippen molar-refractivity contribution in [2.45, 2.75) is 38.0 Å². The molecule has 3 heterocycles. The van der Waals surface area contributed by atoms with E-state index in [2.05, 4.69) is 22.3 Å². The fraction of sp³-hybridized carbons (Fsp3) is 0.379. The van der Waals surface area contributed by atoms with Crippen LogP contribution in [0.5, 0.6) is 0 Å². The largest absolute Gasteiger partial charge is 0.396 e. The third-order valence-electron chi connectivity index (χ3n) is 8.11. The summed E-state index contributed by atoms with van der Waals surface area (Å²) in [6.07, 6.45) is 2.27. The van der Waals surface area contributed by atoms with E-state index < -0.39 is 11.7 Å². The molecule has 6 nitrogen and oxygen atoms in total. The summed E-state index contributed by atoms with van der Waals surface area (Å²) < 4.78 is 16.3. The number of aliphatic hydroxyl groups excluding tert-OH is 1. The van der Waals surface area contributed by atoms with Crippen LogP contribution in [0.2, 0.25) is 0 Å². The monoisotopic (exact) mass is 487 g/mol. The number of benzene rings is 2. The Morgan fingerprint density at radius 1 is 1.00 bits per heavy atom. The van der Waals surface area contributed by atoms with Crippen molar-refractivity contribution in [2.75, 3.05) is 13.2 Å². The average molecular weight is 488 g/mol. The van der Waals surface area contributed by atoms with E-state index in [0.29, 0.717) is 31.1 Å². The summed E-state index contributed by atoms with van der Waals surface area (Å²) in [4.78, 5) is 29.5. The van der Waals surface area contributed by atoms with Crippen LogP contribution in [0.25, 0.3) is 11.1 Å². The molecule has 0 unspecified atom stereocenters. The molecule has 1 saturated carbocycles. The average Bonchev–Trinajstić information content (AvgIpc) is 3.69. The number of nitrogens with zero attached hydrogens (tertiary/aromatic N) is 2. The smallest absolute Gasteiger partial charge is 0.258 e. The molecule has 2 aromatic carbocycles. The summed E-state index contributed by atoms with van der Waals surface area (Å²) in [5.41, 5.74) is 2.18. The van der Waals surface area contributed by atoms with Gasteiger partial charge in [-0.15, -0.1) is 0 Å². The summed E-state index contributed by atoms with van der Waals surface area (Å²) in [6, 6.07) is 19.3. The molecule has 6 rings (SSSR count). The van der Waals surface area contributed by atoms with E-state index in [4.69, 9.17) is 0 Å². The number of carbonyl (C=O) groups is 1. The zero-order valence-electron chi connectivity index (χ0n) is 20.0. The van der Waals surface area contributed by atoms with E-state index in [-0.39, 0.29) is 41.6 Å². The van der Waals surface area contributed by atoms with Gasteiger partial charge < -0.3 is 15.0 Å². The summed E-state index contributed by atoms with van der Waals surface area (Å²) >= 11 is 0. The highest BCUT2D eigenvalue weighted by molar-refractivity contribution is 5.81. The number of nitrogens with one attached hydrogen (secondary N) is 1. The molecule has 2 N–H and O–H groups in total.